The van der Waals surface area contributed by atoms with Crippen LogP contribution in [0, 0.1) is 0 Å². The first-order chi connectivity index (χ1) is 10.2. The molecule has 0 aliphatic carbocycles. The molecule has 4 heteroatoms. The minimum atomic E-state index is 0.107. The highest BCUT2D eigenvalue weighted by Gasteiger charge is 2.21. The van der Waals surface area contributed by atoms with Gasteiger partial charge in [0.1, 0.15) is 18.5 Å². The molecule has 1 aliphatic heterocycles. The Morgan fingerprint density at radius 2 is 2.10 bits per heavy atom. The second kappa shape index (κ2) is 6.04. The number of hydrogen-bond acceptors (Lipinski definition) is 4. The van der Waals surface area contributed by atoms with Gasteiger partial charge in [-0.3, -0.25) is 0 Å². The van der Waals surface area contributed by atoms with Crippen molar-refractivity contribution < 1.29 is 9.47 Å². The molecular weight excluding hydrogens is 264 g/mol. The zero-order valence-corrected chi connectivity index (χ0v) is 12.2. The molecule has 0 spiro atoms. The summed E-state index contributed by atoms with van der Waals surface area (Å²) in [5.74, 6) is 0.899. The zero-order chi connectivity index (χ0) is 14.7. The van der Waals surface area contributed by atoms with E-state index in [0.717, 1.165) is 18.6 Å². The molecule has 2 unspecified atom stereocenters. The third-order valence-electron chi connectivity index (χ3n) is 3.75. The van der Waals surface area contributed by atoms with Gasteiger partial charge in [0.25, 0.3) is 6.02 Å². The van der Waals surface area contributed by atoms with E-state index >= 15 is 0 Å². The third-order valence-corrected chi connectivity index (χ3v) is 3.75. The fraction of sp³-hybridized carbons (Fsp3) is 0.353. The Kier molecular flexibility index (Phi) is 3.95. The van der Waals surface area contributed by atoms with Gasteiger partial charge in [0, 0.05) is 6.42 Å². The summed E-state index contributed by atoms with van der Waals surface area (Å²) in [5.41, 5.74) is 5.54. The van der Waals surface area contributed by atoms with Crippen LogP contribution in [0.2, 0.25) is 0 Å². The summed E-state index contributed by atoms with van der Waals surface area (Å²) in [5, 5.41) is 2.41. The van der Waals surface area contributed by atoms with Crippen molar-refractivity contribution in [2.45, 2.75) is 31.9 Å². The summed E-state index contributed by atoms with van der Waals surface area (Å²) in [7, 11) is 0. The lowest BCUT2D eigenvalue weighted by atomic mass is 10.1. The van der Waals surface area contributed by atoms with Crippen molar-refractivity contribution in [3.8, 4) is 5.75 Å². The maximum absolute atomic E-state index is 6.10. The van der Waals surface area contributed by atoms with E-state index in [0.29, 0.717) is 12.6 Å². The highest BCUT2D eigenvalue weighted by molar-refractivity contribution is 5.83. The second-order valence-electron chi connectivity index (χ2n) is 5.32. The first-order valence-electron chi connectivity index (χ1n) is 7.36. The van der Waals surface area contributed by atoms with Gasteiger partial charge in [-0.25, -0.2) is 4.99 Å². The number of nitrogens with two attached hydrogens (primary N) is 1. The first-order valence-corrected chi connectivity index (χ1v) is 7.36. The highest BCUT2D eigenvalue weighted by atomic mass is 16.5. The molecule has 2 aromatic rings. The molecule has 4 nitrogen and oxygen atoms in total. The molecule has 0 saturated heterocycles. The summed E-state index contributed by atoms with van der Waals surface area (Å²) in [6.45, 7) is 2.68. The maximum atomic E-state index is 6.10. The number of amidine groups is 1. The van der Waals surface area contributed by atoms with Gasteiger partial charge < -0.3 is 15.2 Å². The van der Waals surface area contributed by atoms with Crippen molar-refractivity contribution in [2.75, 3.05) is 6.61 Å². The standard InChI is InChI=1S/C17H20N2O2/c1-2-15(10-14-11-20-17(18)19-14)21-16-8-7-12-5-3-4-6-13(12)9-16/h3-9,14-15H,2,10-11H2,1H3,(H2,18,19). The van der Waals surface area contributed by atoms with E-state index in [-0.39, 0.29) is 12.1 Å². The summed E-state index contributed by atoms with van der Waals surface area (Å²) < 4.78 is 11.3. The van der Waals surface area contributed by atoms with Crippen molar-refractivity contribution in [1.82, 2.24) is 0 Å². The summed E-state index contributed by atoms with van der Waals surface area (Å²) in [4.78, 5) is 4.26. The lowest BCUT2D eigenvalue weighted by molar-refractivity contribution is 0.169. The SMILES string of the molecule is CCC(CC1COC(N)=N1)Oc1ccc2ccccc2c1. The molecule has 0 radical (unpaired) electrons. The van der Waals surface area contributed by atoms with Gasteiger partial charge in [-0.15, -0.1) is 0 Å². The molecule has 0 fully saturated rings. The van der Waals surface area contributed by atoms with E-state index < -0.39 is 0 Å². The van der Waals surface area contributed by atoms with E-state index in [1.807, 2.05) is 18.2 Å². The van der Waals surface area contributed by atoms with Crippen molar-refractivity contribution in [3.05, 3.63) is 42.5 Å². The quantitative estimate of drug-likeness (QED) is 0.918. The fourth-order valence-corrected chi connectivity index (χ4v) is 2.59. The monoisotopic (exact) mass is 284 g/mol. The fourth-order valence-electron chi connectivity index (χ4n) is 2.59. The number of hydrogen-bond donors (Lipinski definition) is 1. The Labute approximate surface area is 124 Å². The number of nitrogens with zero attached hydrogens (tertiary/aromatic N) is 1. The lowest BCUT2D eigenvalue weighted by Gasteiger charge is -2.19. The van der Waals surface area contributed by atoms with Gasteiger partial charge in [-0.1, -0.05) is 37.3 Å². The molecule has 0 saturated carbocycles. The van der Waals surface area contributed by atoms with E-state index in [2.05, 4.69) is 36.2 Å². The molecule has 21 heavy (non-hydrogen) atoms. The Hall–Kier alpha value is -2.23. The van der Waals surface area contributed by atoms with Crippen molar-refractivity contribution in [2.24, 2.45) is 10.7 Å². The van der Waals surface area contributed by atoms with Gasteiger partial charge in [0.2, 0.25) is 0 Å². The van der Waals surface area contributed by atoms with Crippen molar-refractivity contribution in [3.63, 3.8) is 0 Å². The zero-order valence-electron chi connectivity index (χ0n) is 12.2. The van der Waals surface area contributed by atoms with Crippen LogP contribution in [0.3, 0.4) is 0 Å². The number of rotatable bonds is 5. The molecule has 3 rings (SSSR count). The topological polar surface area (TPSA) is 56.8 Å². The van der Waals surface area contributed by atoms with E-state index in [9.17, 15) is 0 Å². The molecule has 2 N–H and O–H groups in total. The molecular formula is C17H20N2O2. The van der Waals surface area contributed by atoms with Crippen LogP contribution >= 0.6 is 0 Å². The number of ether oxygens (including phenoxy) is 2. The first kappa shape index (κ1) is 13.7. The third kappa shape index (κ3) is 3.27. The summed E-state index contributed by atoms with van der Waals surface area (Å²) in [6.07, 6.45) is 1.87. The molecule has 2 aromatic carbocycles. The summed E-state index contributed by atoms with van der Waals surface area (Å²) in [6, 6.07) is 14.9. The van der Waals surface area contributed by atoms with Crippen molar-refractivity contribution >= 4 is 16.8 Å². The smallest absolute Gasteiger partial charge is 0.282 e. The largest absolute Gasteiger partial charge is 0.490 e. The predicted octanol–water partition coefficient (Wildman–Crippen LogP) is 3.10. The average Bonchev–Trinajstić information content (AvgIpc) is 2.91. The van der Waals surface area contributed by atoms with Gasteiger partial charge in [-0.2, -0.15) is 0 Å². The molecule has 1 heterocycles. The number of fused-ring (bicyclic) bond motifs is 1. The molecule has 0 amide bonds. The molecule has 110 valence electrons. The molecule has 2 atom stereocenters. The van der Waals surface area contributed by atoms with Gasteiger partial charge in [-0.05, 0) is 29.3 Å². The maximum Gasteiger partial charge on any atom is 0.282 e. The van der Waals surface area contributed by atoms with Crippen LogP contribution in [0.5, 0.6) is 5.75 Å². The van der Waals surface area contributed by atoms with Crippen LogP contribution in [-0.4, -0.2) is 24.8 Å². The van der Waals surface area contributed by atoms with Gasteiger partial charge in [0.15, 0.2) is 0 Å². The number of benzene rings is 2. The minimum Gasteiger partial charge on any atom is -0.490 e. The van der Waals surface area contributed by atoms with Gasteiger partial charge in [0.05, 0.1) is 6.04 Å². The Bertz CT molecular complexity index is 654. The van der Waals surface area contributed by atoms with Gasteiger partial charge >= 0.3 is 0 Å². The van der Waals surface area contributed by atoms with Crippen LogP contribution in [0.4, 0.5) is 0 Å². The molecule has 1 aliphatic rings. The normalized spacial score (nSPS) is 19.1. The Balaban J connectivity index is 1.70. The van der Waals surface area contributed by atoms with E-state index in [1.165, 1.54) is 10.8 Å². The lowest BCUT2D eigenvalue weighted by Crippen LogP contribution is -2.22. The Morgan fingerprint density at radius 3 is 2.81 bits per heavy atom. The Morgan fingerprint density at radius 1 is 1.29 bits per heavy atom. The molecule has 0 aromatic heterocycles. The van der Waals surface area contributed by atoms with E-state index in [1.54, 1.807) is 0 Å². The second-order valence-corrected chi connectivity index (χ2v) is 5.32. The average molecular weight is 284 g/mol. The predicted molar refractivity (Wildman–Crippen MR) is 84.6 cm³/mol. The van der Waals surface area contributed by atoms with Crippen molar-refractivity contribution in [1.29, 1.82) is 0 Å². The van der Waals surface area contributed by atoms with Crippen LogP contribution in [0.15, 0.2) is 47.5 Å². The molecule has 0 bridgehead atoms. The number of aliphatic imine (C=N–C) groups is 1. The van der Waals surface area contributed by atoms with E-state index in [4.69, 9.17) is 15.2 Å². The summed E-state index contributed by atoms with van der Waals surface area (Å²) >= 11 is 0. The van der Waals surface area contributed by atoms with Crippen LogP contribution in [0.25, 0.3) is 10.8 Å². The minimum absolute atomic E-state index is 0.107. The van der Waals surface area contributed by atoms with Crippen LogP contribution < -0.4 is 10.5 Å². The highest BCUT2D eigenvalue weighted by Crippen LogP contribution is 2.23. The van der Waals surface area contributed by atoms with Crippen LogP contribution in [-0.2, 0) is 4.74 Å². The van der Waals surface area contributed by atoms with Crippen LogP contribution in [0.1, 0.15) is 19.8 Å².